The van der Waals surface area contributed by atoms with Crippen molar-refractivity contribution in [2.45, 2.75) is 0 Å². The van der Waals surface area contributed by atoms with Crippen molar-refractivity contribution in [3.8, 4) is 5.75 Å². The van der Waals surface area contributed by atoms with Crippen molar-refractivity contribution in [2.24, 2.45) is 0 Å². The molecule has 0 atom stereocenters. The van der Waals surface area contributed by atoms with Gasteiger partial charge in [-0.15, -0.1) is 0 Å². The monoisotopic (exact) mass is 136 g/mol. The Morgan fingerprint density at radius 3 is 2.60 bits per heavy atom. The van der Waals surface area contributed by atoms with Crippen molar-refractivity contribution in [2.75, 3.05) is 19.0 Å². The molecule has 10 heavy (non-hydrogen) atoms. The van der Waals surface area contributed by atoms with Gasteiger partial charge in [-0.2, -0.15) is 0 Å². The van der Waals surface area contributed by atoms with E-state index in [0.717, 1.165) is 5.69 Å². The van der Waals surface area contributed by atoms with Crippen molar-refractivity contribution in [3.63, 3.8) is 0 Å². The fourth-order valence-corrected chi connectivity index (χ4v) is 0.777. The van der Waals surface area contributed by atoms with Crippen LogP contribution in [-0.4, -0.2) is 19.2 Å². The van der Waals surface area contributed by atoms with E-state index in [-0.39, 0.29) is 5.75 Å². The molecule has 1 N–H and O–H groups in total. The highest BCUT2D eigenvalue weighted by molar-refractivity contribution is 5.55. The molecule has 0 unspecified atom stereocenters. The van der Waals surface area contributed by atoms with E-state index in [1.165, 1.54) is 0 Å². The van der Waals surface area contributed by atoms with Gasteiger partial charge in [-0.1, -0.05) is 12.1 Å². The van der Waals surface area contributed by atoms with E-state index in [9.17, 15) is 5.11 Å². The van der Waals surface area contributed by atoms with Crippen LogP contribution in [0.25, 0.3) is 0 Å². The first-order chi connectivity index (χ1) is 4.72. The quantitative estimate of drug-likeness (QED) is 0.628. The lowest BCUT2D eigenvalue weighted by atomic mass is 10.3. The van der Waals surface area contributed by atoms with Gasteiger partial charge < -0.3 is 10.0 Å². The van der Waals surface area contributed by atoms with Crippen LogP contribution in [-0.2, 0) is 0 Å². The summed E-state index contributed by atoms with van der Waals surface area (Å²) in [5.74, 6) is 0.271. The van der Waals surface area contributed by atoms with Gasteiger partial charge in [0.05, 0.1) is 5.69 Å². The third-order valence-corrected chi connectivity index (χ3v) is 1.26. The molecule has 0 heterocycles. The highest BCUT2D eigenvalue weighted by atomic mass is 16.3. The zero-order valence-electron chi connectivity index (χ0n) is 6.13. The zero-order chi connectivity index (χ0) is 7.56. The van der Waals surface area contributed by atoms with Crippen molar-refractivity contribution >= 4 is 5.69 Å². The Hall–Kier alpha value is -1.18. The number of aromatic hydroxyl groups is 1. The molecule has 0 amide bonds. The number of benzene rings is 1. The molecule has 0 aliphatic rings. The minimum atomic E-state index is 0.271. The molecule has 53 valence electrons. The topological polar surface area (TPSA) is 23.5 Å². The average Bonchev–Trinajstić information content (AvgIpc) is 1.88. The van der Waals surface area contributed by atoms with Crippen molar-refractivity contribution in [1.29, 1.82) is 0 Å². The number of hydrogen-bond donors (Lipinski definition) is 1. The van der Waals surface area contributed by atoms with Crippen LogP contribution in [0.2, 0.25) is 0 Å². The number of nitrogens with zero attached hydrogens (tertiary/aromatic N) is 1. The molecule has 1 radical (unpaired) electrons. The summed E-state index contributed by atoms with van der Waals surface area (Å²) < 4.78 is 0. The molecule has 0 aliphatic heterocycles. The molecule has 0 saturated heterocycles. The van der Waals surface area contributed by atoms with E-state index >= 15 is 0 Å². The second-order valence-electron chi connectivity index (χ2n) is 2.30. The van der Waals surface area contributed by atoms with E-state index in [4.69, 9.17) is 0 Å². The van der Waals surface area contributed by atoms with E-state index in [1.807, 2.05) is 19.0 Å². The molecule has 0 aromatic heterocycles. The van der Waals surface area contributed by atoms with Crippen LogP contribution in [0.15, 0.2) is 18.2 Å². The normalized spacial score (nSPS) is 9.40. The Balaban J connectivity index is 3.03. The Morgan fingerprint density at radius 1 is 1.50 bits per heavy atom. The van der Waals surface area contributed by atoms with E-state index < -0.39 is 0 Å². The van der Waals surface area contributed by atoms with Gasteiger partial charge >= 0.3 is 0 Å². The molecule has 0 bridgehead atoms. The lowest BCUT2D eigenvalue weighted by Crippen LogP contribution is -2.08. The molecular weight excluding hydrogens is 126 g/mol. The molecule has 0 fully saturated rings. The average molecular weight is 136 g/mol. The van der Waals surface area contributed by atoms with E-state index in [0.29, 0.717) is 0 Å². The molecule has 2 nitrogen and oxygen atoms in total. The number of para-hydroxylation sites is 1. The molecule has 0 aliphatic carbocycles. The summed E-state index contributed by atoms with van der Waals surface area (Å²) in [4.78, 5) is 1.81. The summed E-state index contributed by atoms with van der Waals surface area (Å²) >= 11 is 0. The number of phenols is 1. The molecule has 2 heteroatoms. The van der Waals surface area contributed by atoms with Crippen LogP contribution in [0, 0.1) is 6.07 Å². The first-order valence-corrected chi connectivity index (χ1v) is 3.09. The largest absolute Gasteiger partial charge is 0.506 e. The molecule has 0 spiro atoms. The third kappa shape index (κ3) is 1.21. The smallest absolute Gasteiger partial charge is 0.139 e. The van der Waals surface area contributed by atoms with Gasteiger partial charge in [0.2, 0.25) is 0 Å². The lowest BCUT2D eigenvalue weighted by Gasteiger charge is -2.12. The SMILES string of the molecule is CN(C)c1[c]cccc1O. The second-order valence-corrected chi connectivity index (χ2v) is 2.30. The Labute approximate surface area is 60.7 Å². The summed E-state index contributed by atoms with van der Waals surface area (Å²) in [6.07, 6.45) is 0. The second kappa shape index (κ2) is 2.60. The molecular formula is C8H10NO. The minimum absolute atomic E-state index is 0.271. The maximum atomic E-state index is 9.21. The van der Waals surface area contributed by atoms with Crippen molar-refractivity contribution in [3.05, 3.63) is 24.3 Å². The van der Waals surface area contributed by atoms with Gasteiger partial charge in [0.15, 0.2) is 0 Å². The summed E-state index contributed by atoms with van der Waals surface area (Å²) in [7, 11) is 3.73. The fourth-order valence-electron chi connectivity index (χ4n) is 0.777. The van der Waals surface area contributed by atoms with Crippen LogP contribution in [0.1, 0.15) is 0 Å². The van der Waals surface area contributed by atoms with Crippen molar-refractivity contribution < 1.29 is 5.11 Å². The minimum Gasteiger partial charge on any atom is -0.506 e. The highest BCUT2D eigenvalue weighted by Gasteiger charge is 1.99. The summed E-state index contributed by atoms with van der Waals surface area (Å²) in [6, 6.07) is 8.08. The third-order valence-electron chi connectivity index (χ3n) is 1.26. The van der Waals surface area contributed by atoms with Crippen LogP contribution in [0.3, 0.4) is 0 Å². The Kier molecular flexibility index (Phi) is 1.81. The van der Waals surface area contributed by atoms with Gasteiger partial charge in [0, 0.05) is 20.2 Å². The highest BCUT2D eigenvalue weighted by Crippen LogP contribution is 2.22. The van der Waals surface area contributed by atoms with E-state index in [2.05, 4.69) is 6.07 Å². The number of anilines is 1. The fraction of sp³-hybridized carbons (Fsp3) is 0.250. The maximum absolute atomic E-state index is 9.21. The molecule has 1 aromatic carbocycles. The zero-order valence-corrected chi connectivity index (χ0v) is 6.13. The first kappa shape index (κ1) is 6.93. The maximum Gasteiger partial charge on any atom is 0.139 e. The van der Waals surface area contributed by atoms with Crippen LogP contribution in [0.4, 0.5) is 5.69 Å². The van der Waals surface area contributed by atoms with Gasteiger partial charge in [-0.05, 0) is 6.07 Å². The molecule has 0 saturated carbocycles. The Morgan fingerprint density at radius 2 is 2.20 bits per heavy atom. The van der Waals surface area contributed by atoms with Crippen molar-refractivity contribution in [1.82, 2.24) is 0 Å². The standard InChI is InChI=1S/C8H10NO/c1-9(2)7-5-3-4-6-8(7)10/h3-4,6,10H,1-2H3. The van der Waals surface area contributed by atoms with Gasteiger partial charge in [-0.25, -0.2) is 0 Å². The van der Waals surface area contributed by atoms with Gasteiger partial charge in [-0.3, -0.25) is 0 Å². The Bertz CT molecular complexity index is 220. The van der Waals surface area contributed by atoms with Gasteiger partial charge in [0.25, 0.3) is 0 Å². The lowest BCUT2D eigenvalue weighted by molar-refractivity contribution is 0.475. The summed E-state index contributed by atoms with van der Waals surface area (Å²) in [5.41, 5.74) is 0.725. The van der Waals surface area contributed by atoms with Crippen LogP contribution < -0.4 is 4.90 Å². The predicted molar refractivity (Wildman–Crippen MR) is 41.3 cm³/mol. The van der Waals surface area contributed by atoms with E-state index in [1.54, 1.807) is 18.2 Å². The predicted octanol–water partition coefficient (Wildman–Crippen LogP) is 1.26. The molecule has 1 aromatic rings. The van der Waals surface area contributed by atoms with Gasteiger partial charge in [0.1, 0.15) is 5.75 Å². The molecule has 1 rings (SSSR count). The number of phenolic OH excluding ortho intramolecular Hbond substituents is 1. The number of hydrogen-bond acceptors (Lipinski definition) is 2. The van der Waals surface area contributed by atoms with Crippen LogP contribution in [0.5, 0.6) is 5.75 Å². The number of rotatable bonds is 1. The summed E-state index contributed by atoms with van der Waals surface area (Å²) in [5, 5.41) is 9.21. The first-order valence-electron chi connectivity index (χ1n) is 3.09. The van der Waals surface area contributed by atoms with Crippen LogP contribution >= 0.6 is 0 Å². The summed E-state index contributed by atoms with van der Waals surface area (Å²) in [6.45, 7) is 0.